The van der Waals surface area contributed by atoms with E-state index in [1.54, 1.807) is 0 Å². The van der Waals surface area contributed by atoms with Crippen molar-refractivity contribution in [2.45, 2.75) is 31.8 Å². The third-order valence-corrected chi connectivity index (χ3v) is 1.71. The maximum atomic E-state index is 8.47. The summed E-state index contributed by atoms with van der Waals surface area (Å²) in [6, 6.07) is 0. The van der Waals surface area contributed by atoms with Crippen molar-refractivity contribution in [3.8, 4) is 0 Å². The molecule has 1 unspecified atom stereocenters. The van der Waals surface area contributed by atoms with Crippen molar-refractivity contribution in [2.75, 3.05) is 13.2 Å². The maximum Gasteiger partial charge on any atom is 0.0576 e. The molecule has 0 aliphatic carbocycles. The van der Waals surface area contributed by atoms with E-state index in [-0.39, 0.29) is 5.48 Å². The summed E-state index contributed by atoms with van der Waals surface area (Å²) in [5, 5.41) is 8.47. The Labute approximate surface area is 61.3 Å². The van der Waals surface area contributed by atoms with E-state index in [9.17, 15) is 0 Å². The van der Waals surface area contributed by atoms with Gasteiger partial charge in [-0.3, -0.25) is 0 Å². The van der Waals surface area contributed by atoms with Crippen molar-refractivity contribution in [3.05, 3.63) is 0 Å². The van der Waals surface area contributed by atoms with Gasteiger partial charge >= 0.3 is 0 Å². The summed E-state index contributed by atoms with van der Waals surface area (Å²) in [5.74, 6) is 0. The molecule has 0 aromatic rings. The first-order valence-electron chi connectivity index (χ1n) is 3.66. The minimum Gasteiger partial charge on any atom is -0.412 e. The normalized spacial score (nSPS) is 24.3. The van der Waals surface area contributed by atoms with Gasteiger partial charge in [-0.05, 0) is 25.7 Å². The highest BCUT2D eigenvalue weighted by Gasteiger charge is 2.13. The lowest BCUT2D eigenvalue weighted by molar-refractivity contribution is 0.0969. The molecule has 0 aromatic carbocycles. The fourth-order valence-corrected chi connectivity index (χ4v) is 1.19. The Balaban J connectivity index is 0.000000810. The van der Waals surface area contributed by atoms with Gasteiger partial charge in [0.1, 0.15) is 0 Å². The van der Waals surface area contributed by atoms with Gasteiger partial charge in [0.05, 0.1) is 6.10 Å². The lowest BCUT2D eigenvalue weighted by Gasteiger charge is -2.05. The number of aliphatic hydroxyl groups is 1. The number of rotatable bonds is 3. The van der Waals surface area contributed by atoms with Crippen molar-refractivity contribution in [1.29, 1.82) is 0 Å². The zero-order chi connectivity index (χ0) is 6.53. The van der Waals surface area contributed by atoms with Crippen molar-refractivity contribution in [2.24, 2.45) is 0 Å². The average molecular weight is 148 g/mol. The quantitative estimate of drug-likeness (QED) is 0.617. The minimum absolute atomic E-state index is 0. The smallest absolute Gasteiger partial charge is 0.0576 e. The van der Waals surface area contributed by atoms with E-state index < -0.39 is 0 Å². The topological polar surface area (TPSA) is 61.0 Å². The predicted octanol–water partition coefficient (Wildman–Crippen LogP) is 0.113. The highest BCUT2D eigenvalue weighted by atomic mass is 16.5. The van der Waals surface area contributed by atoms with Crippen LogP contribution in [-0.4, -0.2) is 29.9 Å². The standard InChI is InChI=1S/C7H14O2.H2O/c8-5-1-3-7-4-2-6-9-7;/h7-8H,1-6H2;1H2. The van der Waals surface area contributed by atoms with E-state index in [1.807, 2.05) is 0 Å². The van der Waals surface area contributed by atoms with Crippen molar-refractivity contribution < 1.29 is 15.3 Å². The summed E-state index contributed by atoms with van der Waals surface area (Å²) >= 11 is 0. The van der Waals surface area contributed by atoms with Gasteiger partial charge in [0.15, 0.2) is 0 Å². The minimum atomic E-state index is 0. The van der Waals surface area contributed by atoms with Crippen molar-refractivity contribution in [3.63, 3.8) is 0 Å². The molecule has 0 saturated carbocycles. The Morgan fingerprint density at radius 2 is 2.30 bits per heavy atom. The van der Waals surface area contributed by atoms with E-state index in [4.69, 9.17) is 9.84 Å². The third-order valence-electron chi connectivity index (χ3n) is 1.71. The van der Waals surface area contributed by atoms with Crippen molar-refractivity contribution in [1.82, 2.24) is 0 Å². The number of hydrogen-bond donors (Lipinski definition) is 1. The Hall–Kier alpha value is -0.120. The van der Waals surface area contributed by atoms with Gasteiger partial charge in [0.2, 0.25) is 0 Å². The van der Waals surface area contributed by atoms with Crippen molar-refractivity contribution >= 4 is 0 Å². The van der Waals surface area contributed by atoms with Crippen LogP contribution in [-0.2, 0) is 4.74 Å². The van der Waals surface area contributed by atoms with Gasteiger partial charge in [0, 0.05) is 13.2 Å². The molecule has 0 spiro atoms. The first kappa shape index (κ1) is 9.88. The van der Waals surface area contributed by atoms with E-state index in [2.05, 4.69) is 0 Å². The van der Waals surface area contributed by atoms with Crippen LogP contribution in [0.5, 0.6) is 0 Å². The fourth-order valence-electron chi connectivity index (χ4n) is 1.19. The first-order chi connectivity index (χ1) is 4.43. The van der Waals surface area contributed by atoms with Crippen LogP contribution in [0.15, 0.2) is 0 Å². The lowest BCUT2D eigenvalue weighted by atomic mass is 10.1. The average Bonchev–Trinajstić information content (AvgIpc) is 2.34. The lowest BCUT2D eigenvalue weighted by Crippen LogP contribution is -2.04. The van der Waals surface area contributed by atoms with Gasteiger partial charge in [-0.25, -0.2) is 0 Å². The zero-order valence-electron chi connectivity index (χ0n) is 6.18. The van der Waals surface area contributed by atoms with Crippen LogP contribution in [0.2, 0.25) is 0 Å². The summed E-state index contributed by atoms with van der Waals surface area (Å²) in [6.07, 6.45) is 4.79. The molecule has 0 bridgehead atoms. The van der Waals surface area contributed by atoms with E-state index in [1.165, 1.54) is 12.8 Å². The Bertz CT molecular complexity index is 69.3. The van der Waals surface area contributed by atoms with Crippen LogP contribution in [0, 0.1) is 0 Å². The number of aliphatic hydroxyl groups excluding tert-OH is 1. The number of hydrogen-bond acceptors (Lipinski definition) is 2. The Morgan fingerprint density at radius 1 is 1.50 bits per heavy atom. The van der Waals surface area contributed by atoms with Crippen LogP contribution < -0.4 is 0 Å². The van der Waals surface area contributed by atoms with Crippen LogP contribution in [0.1, 0.15) is 25.7 Å². The molecule has 3 N–H and O–H groups in total. The molecule has 62 valence electrons. The molecule has 0 radical (unpaired) electrons. The van der Waals surface area contributed by atoms with Gasteiger partial charge in [-0.2, -0.15) is 0 Å². The summed E-state index contributed by atoms with van der Waals surface area (Å²) in [6.45, 7) is 1.23. The predicted molar refractivity (Wildman–Crippen MR) is 38.9 cm³/mol. The van der Waals surface area contributed by atoms with Gasteiger partial charge in [0.25, 0.3) is 0 Å². The SMILES string of the molecule is O.OCCCC1CCCO1. The molecule has 10 heavy (non-hydrogen) atoms. The highest BCUT2D eigenvalue weighted by molar-refractivity contribution is 4.63. The molecular formula is C7H16O3. The molecule has 3 heteroatoms. The maximum absolute atomic E-state index is 8.47. The third kappa shape index (κ3) is 3.15. The van der Waals surface area contributed by atoms with Gasteiger partial charge in [-0.15, -0.1) is 0 Å². The zero-order valence-corrected chi connectivity index (χ0v) is 6.18. The number of ether oxygens (including phenoxy) is 1. The summed E-state index contributed by atoms with van der Waals surface area (Å²) in [4.78, 5) is 0. The molecule has 1 atom stereocenters. The highest BCUT2D eigenvalue weighted by Crippen LogP contribution is 2.15. The molecule has 1 heterocycles. The second kappa shape index (κ2) is 5.65. The second-order valence-electron chi connectivity index (χ2n) is 2.50. The largest absolute Gasteiger partial charge is 0.412 e. The molecule has 1 aliphatic rings. The van der Waals surface area contributed by atoms with Gasteiger partial charge < -0.3 is 15.3 Å². The van der Waals surface area contributed by atoms with Crippen LogP contribution in [0.3, 0.4) is 0 Å². The molecular weight excluding hydrogens is 132 g/mol. The summed E-state index contributed by atoms with van der Waals surface area (Å²) in [5.41, 5.74) is 0. The summed E-state index contributed by atoms with van der Waals surface area (Å²) < 4.78 is 5.34. The molecule has 1 fully saturated rings. The molecule has 0 amide bonds. The van der Waals surface area contributed by atoms with E-state index in [0.717, 1.165) is 19.4 Å². The second-order valence-corrected chi connectivity index (χ2v) is 2.50. The molecule has 1 rings (SSSR count). The molecule has 3 nitrogen and oxygen atoms in total. The molecule has 1 saturated heterocycles. The molecule has 0 aromatic heterocycles. The monoisotopic (exact) mass is 148 g/mol. The van der Waals surface area contributed by atoms with Crippen LogP contribution >= 0.6 is 0 Å². The Morgan fingerprint density at radius 3 is 2.80 bits per heavy atom. The van der Waals surface area contributed by atoms with E-state index in [0.29, 0.717) is 12.7 Å². The first-order valence-corrected chi connectivity index (χ1v) is 3.66. The van der Waals surface area contributed by atoms with Crippen LogP contribution in [0.25, 0.3) is 0 Å². The van der Waals surface area contributed by atoms with Gasteiger partial charge in [-0.1, -0.05) is 0 Å². The van der Waals surface area contributed by atoms with Crippen LogP contribution in [0.4, 0.5) is 0 Å². The van der Waals surface area contributed by atoms with E-state index >= 15 is 0 Å². The summed E-state index contributed by atoms with van der Waals surface area (Å²) in [7, 11) is 0. The fraction of sp³-hybridized carbons (Fsp3) is 1.00. The molecule has 1 aliphatic heterocycles. The Kier molecular flexibility index (Phi) is 5.58.